The number of nitrogens with zero attached hydrogens (tertiary/aromatic N) is 3. The van der Waals surface area contributed by atoms with Crippen LogP contribution in [0.15, 0.2) is 18.2 Å². The smallest absolute Gasteiger partial charge is 0.358 e. The van der Waals surface area contributed by atoms with Gasteiger partial charge < -0.3 is 21.1 Å². The van der Waals surface area contributed by atoms with Crippen molar-refractivity contribution in [1.82, 2.24) is 10.1 Å². The van der Waals surface area contributed by atoms with E-state index in [0.29, 0.717) is 25.7 Å². The summed E-state index contributed by atoms with van der Waals surface area (Å²) in [5.41, 5.74) is 9.68. The van der Waals surface area contributed by atoms with Crippen LogP contribution in [-0.4, -0.2) is 65.0 Å². The molecule has 1 aromatic carbocycles. The van der Waals surface area contributed by atoms with E-state index in [1.54, 1.807) is 0 Å². The van der Waals surface area contributed by atoms with Crippen LogP contribution in [0.4, 0.5) is 5.69 Å². The molecule has 13 nitrogen and oxygen atoms in total. The van der Waals surface area contributed by atoms with Crippen LogP contribution >= 0.6 is 0 Å². The molecule has 3 rings (SSSR count). The molecular formula is C20H25N5O8. The number of amides is 2. The molecule has 0 spiro atoms. The largest absolute Gasteiger partial charge is 0.369 e. The highest BCUT2D eigenvalue weighted by molar-refractivity contribution is 6.03. The van der Waals surface area contributed by atoms with Gasteiger partial charge in [-0.05, 0) is 31.7 Å². The van der Waals surface area contributed by atoms with E-state index in [-0.39, 0.29) is 49.1 Å². The number of carbonyl (C=O) groups excluding carboxylic acids is 4. The molecule has 2 heterocycles. The zero-order chi connectivity index (χ0) is 24.1. The Kier molecular flexibility index (Phi) is 7.55. The van der Waals surface area contributed by atoms with Gasteiger partial charge in [-0.3, -0.25) is 19.7 Å². The molecule has 2 saturated heterocycles. The van der Waals surface area contributed by atoms with Gasteiger partial charge in [0.2, 0.25) is 11.8 Å². The van der Waals surface area contributed by atoms with Crippen LogP contribution in [0.2, 0.25) is 0 Å². The quantitative estimate of drug-likeness (QED) is 0.415. The molecule has 1 aromatic rings. The third-order valence-electron chi connectivity index (χ3n) is 5.79. The topological polar surface area (TPSA) is 188 Å². The van der Waals surface area contributed by atoms with E-state index in [4.69, 9.17) is 21.1 Å². The van der Waals surface area contributed by atoms with E-state index >= 15 is 0 Å². The van der Waals surface area contributed by atoms with Gasteiger partial charge in [-0.2, -0.15) is 0 Å². The van der Waals surface area contributed by atoms with E-state index < -0.39 is 34.4 Å². The number of piperidine rings is 2. The number of nitro benzene ring substituents is 1. The molecule has 33 heavy (non-hydrogen) atoms. The average Bonchev–Trinajstić information content (AvgIpc) is 2.79. The van der Waals surface area contributed by atoms with Gasteiger partial charge >= 0.3 is 11.9 Å². The lowest BCUT2D eigenvalue weighted by atomic mass is 9.97. The fraction of sp³-hybridized carbons (Fsp3) is 0.500. The Morgan fingerprint density at radius 1 is 0.818 bits per heavy atom. The summed E-state index contributed by atoms with van der Waals surface area (Å²) in [6, 6.07) is 3.17. The van der Waals surface area contributed by atoms with Gasteiger partial charge in [0.15, 0.2) is 0 Å². The molecule has 2 aliphatic rings. The number of hydrogen-bond donors (Lipinski definition) is 2. The average molecular weight is 463 g/mol. The predicted octanol–water partition coefficient (Wildman–Crippen LogP) is 0.133. The third kappa shape index (κ3) is 6.02. The van der Waals surface area contributed by atoms with Gasteiger partial charge in [0.1, 0.15) is 0 Å². The minimum Gasteiger partial charge on any atom is -0.369 e. The van der Waals surface area contributed by atoms with E-state index in [2.05, 4.69) is 0 Å². The molecule has 0 aromatic heterocycles. The maximum Gasteiger partial charge on any atom is 0.358 e. The maximum absolute atomic E-state index is 12.8. The van der Waals surface area contributed by atoms with Crippen molar-refractivity contribution in [2.24, 2.45) is 23.3 Å². The van der Waals surface area contributed by atoms with Crippen LogP contribution in [0, 0.1) is 22.0 Å². The lowest BCUT2D eigenvalue weighted by Crippen LogP contribution is -2.40. The summed E-state index contributed by atoms with van der Waals surface area (Å²) in [5.74, 6) is -3.31. The molecule has 4 N–H and O–H groups in total. The number of hydroxylamine groups is 4. The monoisotopic (exact) mass is 463 g/mol. The van der Waals surface area contributed by atoms with Crippen LogP contribution in [-0.2, 0) is 19.3 Å². The summed E-state index contributed by atoms with van der Waals surface area (Å²) in [6.45, 7) is 1.06. The number of rotatable bonds is 7. The van der Waals surface area contributed by atoms with Crippen LogP contribution in [0.5, 0.6) is 0 Å². The molecule has 0 bridgehead atoms. The van der Waals surface area contributed by atoms with Crippen LogP contribution in [0.25, 0.3) is 0 Å². The van der Waals surface area contributed by atoms with Gasteiger partial charge in [0.25, 0.3) is 5.69 Å². The summed E-state index contributed by atoms with van der Waals surface area (Å²) in [5, 5.41) is 13.9. The van der Waals surface area contributed by atoms with E-state index in [0.717, 1.165) is 18.2 Å². The van der Waals surface area contributed by atoms with Gasteiger partial charge in [0, 0.05) is 50.1 Å². The standard InChI is InChI=1S/C20H25N5O8/c21-17(26)12-3-7-23(8-4-12)32-19(28)15-2-1-14(25(30)31)11-16(15)20(29)33-24-9-5-13(6-10-24)18(22)27/h1-2,11-13H,3-10H2,(H2,21,26)(H2,22,27). The second-order valence-corrected chi connectivity index (χ2v) is 7.96. The van der Waals surface area contributed by atoms with Crippen molar-refractivity contribution in [2.75, 3.05) is 26.2 Å². The highest BCUT2D eigenvalue weighted by Gasteiger charge is 2.30. The van der Waals surface area contributed by atoms with E-state index in [1.165, 1.54) is 10.1 Å². The second kappa shape index (κ2) is 10.4. The van der Waals surface area contributed by atoms with Crippen molar-refractivity contribution < 1.29 is 33.8 Å². The Hall–Kier alpha value is -3.58. The fourth-order valence-corrected chi connectivity index (χ4v) is 3.79. The number of hydrogen-bond acceptors (Lipinski definition) is 10. The van der Waals surface area contributed by atoms with Crippen molar-refractivity contribution >= 4 is 29.4 Å². The first-order valence-electron chi connectivity index (χ1n) is 10.5. The number of nitrogens with two attached hydrogens (primary N) is 2. The number of benzene rings is 1. The first kappa shape index (κ1) is 24.1. The summed E-state index contributed by atoms with van der Waals surface area (Å²) < 4.78 is 0. The molecule has 0 aliphatic carbocycles. The van der Waals surface area contributed by atoms with Crippen LogP contribution < -0.4 is 11.5 Å². The molecule has 0 radical (unpaired) electrons. The fourth-order valence-electron chi connectivity index (χ4n) is 3.79. The number of carbonyl (C=O) groups is 4. The molecule has 2 fully saturated rings. The Labute approximate surface area is 188 Å². The molecule has 0 atom stereocenters. The van der Waals surface area contributed by atoms with E-state index in [1.807, 2.05) is 0 Å². The normalized spacial score (nSPS) is 18.4. The Morgan fingerprint density at radius 3 is 1.64 bits per heavy atom. The summed E-state index contributed by atoms with van der Waals surface area (Å²) >= 11 is 0. The zero-order valence-electron chi connectivity index (χ0n) is 17.8. The highest BCUT2D eigenvalue weighted by atomic mass is 16.7. The lowest BCUT2D eigenvalue weighted by Gasteiger charge is -2.29. The van der Waals surface area contributed by atoms with Gasteiger partial charge in [-0.15, -0.1) is 10.1 Å². The summed E-state index contributed by atoms with van der Waals surface area (Å²) in [4.78, 5) is 69.2. The van der Waals surface area contributed by atoms with Crippen molar-refractivity contribution in [3.05, 3.63) is 39.4 Å². The molecule has 0 saturated carbocycles. The molecule has 0 unspecified atom stereocenters. The van der Waals surface area contributed by atoms with Crippen molar-refractivity contribution in [3.8, 4) is 0 Å². The maximum atomic E-state index is 12.8. The molecule has 13 heteroatoms. The molecule has 178 valence electrons. The zero-order valence-corrected chi connectivity index (χ0v) is 17.8. The third-order valence-corrected chi connectivity index (χ3v) is 5.79. The first-order valence-corrected chi connectivity index (χ1v) is 10.5. The first-order chi connectivity index (χ1) is 15.7. The van der Waals surface area contributed by atoms with Gasteiger partial charge in [-0.25, -0.2) is 9.59 Å². The van der Waals surface area contributed by atoms with Crippen LogP contribution in [0.1, 0.15) is 46.4 Å². The summed E-state index contributed by atoms with van der Waals surface area (Å²) in [6.07, 6.45) is 1.62. The Balaban J connectivity index is 1.71. The highest BCUT2D eigenvalue weighted by Crippen LogP contribution is 2.24. The summed E-state index contributed by atoms with van der Waals surface area (Å²) in [7, 11) is 0. The minimum absolute atomic E-state index is 0.199. The Morgan fingerprint density at radius 2 is 1.24 bits per heavy atom. The number of primary amides is 2. The number of nitro groups is 1. The minimum atomic E-state index is -0.962. The molecular weight excluding hydrogens is 438 g/mol. The van der Waals surface area contributed by atoms with Gasteiger partial charge in [0.05, 0.1) is 16.1 Å². The predicted molar refractivity (Wildman–Crippen MR) is 111 cm³/mol. The number of non-ortho nitro benzene ring substituents is 1. The van der Waals surface area contributed by atoms with Gasteiger partial charge in [-0.1, -0.05) is 0 Å². The lowest BCUT2D eigenvalue weighted by molar-refractivity contribution is -0.384. The van der Waals surface area contributed by atoms with E-state index in [9.17, 15) is 29.3 Å². The molecule has 2 aliphatic heterocycles. The SMILES string of the molecule is NC(=O)C1CCN(OC(=O)c2ccc([N+](=O)[O-])cc2C(=O)ON2CCC(C(N)=O)CC2)CC1. The van der Waals surface area contributed by atoms with Crippen molar-refractivity contribution in [3.63, 3.8) is 0 Å². The van der Waals surface area contributed by atoms with Crippen molar-refractivity contribution in [2.45, 2.75) is 25.7 Å². The Bertz CT molecular complexity index is 952. The molecule has 2 amide bonds. The van der Waals surface area contributed by atoms with Crippen LogP contribution in [0.3, 0.4) is 0 Å². The second-order valence-electron chi connectivity index (χ2n) is 7.96. The van der Waals surface area contributed by atoms with Crippen molar-refractivity contribution in [1.29, 1.82) is 0 Å².